The first kappa shape index (κ1) is 11.1. The number of hydrogen-bond acceptors (Lipinski definition) is 3. The minimum atomic E-state index is -0.337. The lowest BCUT2D eigenvalue weighted by Gasteiger charge is -1.96. The molecule has 1 aromatic heterocycles. The number of thiazole rings is 1. The standard InChI is InChI=1S/C11H6ClFN2S/c12-10-9(5-6-14)16-11(15-10)7-3-1-2-4-8(7)13/h1-4H,5H2. The minimum Gasteiger partial charge on any atom is -0.224 e. The summed E-state index contributed by atoms with van der Waals surface area (Å²) in [6.07, 6.45) is 0.199. The SMILES string of the molecule is N#CCc1sc(-c2ccccc2F)nc1Cl. The van der Waals surface area contributed by atoms with Gasteiger partial charge in [0.1, 0.15) is 16.0 Å². The lowest BCUT2D eigenvalue weighted by molar-refractivity contribution is 0.631. The summed E-state index contributed by atoms with van der Waals surface area (Å²) in [6, 6.07) is 8.35. The average Bonchev–Trinajstić information content (AvgIpc) is 2.61. The van der Waals surface area contributed by atoms with Gasteiger partial charge in [-0.05, 0) is 12.1 Å². The van der Waals surface area contributed by atoms with Gasteiger partial charge in [-0.2, -0.15) is 5.26 Å². The monoisotopic (exact) mass is 252 g/mol. The lowest BCUT2D eigenvalue weighted by Crippen LogP contribution is -1.81. The van der Waals surface area contributed by atoms with Crippen molar-refractivity contribution in [1.82, 2.24) is 4.98 Å². The summed E-state index contributed by atoms with van der Waals surface area (Å²) >= 11 is 7.10. The van der Waals surface area contributed by atoms with Crippen molar-refractivity contribution in [1.29, 1.82) is 5.26 Å². The fourth-order valence-corrected chi connectivity index (χ4v) is 2.49. The van der Waals surface area contributed by atoms with Crippen LogP contribution in [0.1, 0.15) is 4.88 Å². The Morgan fingerprint density at radius 3 is 2.88 bits per heavy atom. The number of rotatable bonds is 2. The number of hydrogen-bond donors (Lipinski definition) is 0. The molecule has 0 aliphatic carbocycles. The van der Waals surface area contributed by atoms with Crippen molar-refractivity contribution in [2.75, 3.05) is 0 Å². The molecule has 2 rings (SSSR count). The third-order valence-electron chi connectivity index (χ3n) is 1.99. The van der Waals surface area contributed by atoms with Crippen molar-refractivity contribution in [2.45, 2.75) is 6.42 Å². The molecule has 1 aromatic carbocycles. The summed E-state index contributed by atoms with van der Waals surface area (Å²) in [7, 11) is 0. The van der Waals surface area contributed by atoms with Gasteiger partial charge in [0.15, 0.2) is 0 Å². The highest BCUT2D eigenvalue weighted by atomic mass is 35.5. The van der Waals surface area contributed by atoms with Crippen molar-refractivity contribution >= 4 is 22.9 Å². The topological polar surface area (TPSA) is 36.7 Å². The van der Waals surface area contributed by atoms with Gasteiger partial charge in [0.25, 0.3) is 0 Å². The van der Waals surface area contributed by atoms with E-state index in [0.29, 0.717) is 15.4 Å². The molecule has 0 fully saturated rings. The van der Waals surface area contributed by atoms with Gasteiger partial charge in [-0.25, -0.2) is 9.37 Å². The van der Waals surface area contributed by atoms with Crippen molar-refractivity contribution in [3.63, 3.8) is 0 Å². The van der Waals surface area contributed by atoms with E-state index < -0.39 is 0 Å². The van der Waals surface area contributed by atoms with Gasteiger partial charge >= 0.3 is 0 Å². The summed E-state index contributed by atoms with van der Waals surface area (Å²) in [4.78, 5) is 4.72. The minimum absolute atomic E-state index is 0.199. The molecule has 0 aliphatic rings. The van der Waals surface area contributed by atoms with Crippen molar-refractivity contribution < 1.29 is 4.39 Å². The Kier molecular flexibility index (Phi) is 3.18. The quantitative estimate of drug-likeness (QED) is 0.818. The summed E-state index contributed by atoms with van der Waals surface area (Å²) in [5.41, 5.74) is 0.415. The molecule has 1 heterocycles. The molecule has 0 saturated heterocycles. The van der Waals surface area contributed by atoms with Gasteiger partial charge in [0.05, 0.1) is 17.4 Å². The molecule has 0 unspecified atom stereocenters. The molecular weight excluding hydrogens is 247 g/mol. The predicted molar refractivity (Wildman–Crippen MR) is 61.8 cm³/mol. The van der Waals surface area contributed by atoms with Crippen LogP contribution in [0.2, 0.25) is 5.15 Å². The molecule has 0 atom stereocenters. The predicted octanol–water partition coefficient (Wildman–Crippen LogP) is 3.67. The third kappa shape index (κ3) is 2.06. The molecule has 2 nitrogen and oxygen atoms in total. The number of aromatic nitrogens is 1. The second-order valence-corrected chi connectivity index (χ2v) is 4.49. The van der Waals surface area contributed by atoms with Crippen LogP contribution in [0.25, 0.3) is 10.6 Å². The van der Waals surface area contributed by atoms with Gasteiger partial charge < -0.3 is 0 Å². The Balaban J connectivity index is 2.46. The van der Waals surface area contributed by atoms with E-state index in [2.05, 4.69) is 4.98 Å². The highest BCUT2D eigenvalue weighted by Crippen LogP contribution is 2.32. The summed E-state index contributed by atoms with van der Waals surface area (Å²) in [6.45, 7) is 0. The number of benzene rings is 1. The Labute approximate surface area is 101 Å². The summed E-state index contributed by atoms with van der Waals surface area (Å²) < 4.78 is 13.5. The van der Waals surface area contributed by atoms with E-state index in [0.717, 1.165) is 0 Å². The molecule has 0 saturated carbocycles. The maximum absolute atomic E-state index is 13.5. The molecule has 5 heteroatoms. The second-order valence-electron chi connectivity index (χ2n) is 3.05. The zero-order chi connectivity index (χ0) is 11.5. The zero-order valence-corrected chi connectivity index (χ0v) is 9.65. The van der Waals surface area contributed by atoms with Crippen LogP contribution in [-0.2, 0) is 6.42 Å². The van der Waals surface area contributed by atoms with Crippen LogP contribution in [0.15, 0.2) is 24.3 Å². The van der Waals surface area contributed by atoms with E-state index in [1.807, 2.05) is 6.07 Å². The largest absolute Gasteiger partial charge is 0.224 e. The normalized spacial score (nSPS) is 10.1. The molecule has 16 heavy (non-hydrogen) atoms. The molecule has 0 bridgehead atoms. The van der Waals surface area contributed by atoms with E-state index >= 15 is 0 Å². The van der Waals surface area contributed by atoms with E-state index in [4.69, 9.17) is 16.9 Å². The zero-order valence-electron chi connectivity index (χ0n) is 8.08. The molecule has 0 spiro atoms. The fraction of sp³-hybridized carbons (Fsp3) is 0.0909. The molecule has 2 aromatic rings. The summed E-state index contributed by atoms with van der Waals surface area (Å²) in [5, 5.41) is 9.36. The lowest BCUT2D eigenvalue weighted by atomic mass is 10.2. The van der Waals surface area contributed by atoms with Crippen molar-refractivity contribution in [2.24, 2.45) is 0 Å². The first-order chi connectivity index (χ1) is 7.72. The van der Waals surface area contributed by atoms with E-state index in [1.54, 1.807) is 18.2 Å². The van der Waals surface area contributed by atoms with Crippen LogP contribution in [-0.4, -0.2) is 4.98 Å². The molecule has 0 radical (unpaired) electrons. The average molecular weight is 253 g/mol. The first-order valence-corrected chi connectivity index (χ1v) is 5.69. The number of nitriles is 1. The van der Waals surface area contributed by atoms with E-state index in [9.17, 15) is 4.39 Å². The Morgan fingerprint density at radius 1 is 1.44 bits per heavy atom. The van der Waals surface area contributed by atoms with Gasteiger partial charge in [-0.1, -0.05) is 23.7 Å². The van der Waals surface area contributed by atoms with Crippen molar-refractivity contribution in [3.8, 4) is 16.6 Å². The Morgan fingerprint density at radius 2 is 2.19 bits per heavy atom. The maximum atomic E-state index is 13.5. The molecule has 80 valence electrons. The number of nitrogens with zero attached hydrogens (tertiary/aromatic N) is 2. The van der Waals surface area contributed by atoms with Gasteiger partial charge in [0.2, 0.25) is 0 Å². The molecule has 0 aliphatic heterocycles. The van der Waals surface area contributed by atoms with Gasteiger partial charge in [-0.3, -0.25) is 0 Å². The van der Waals surface area contributed by atoms with E-state index in [-0.39, 0.29) is 17.4 Å². The van der Waals surface area contributed by atoms with Gasteiger partial charge in [0, 0.05) is 5.56 Å². The smallest absolute Gasteiger partial charge is 0.144 e. The van der Waals surface area contributed by atoms with Crippen LogP contribution in [0, 0.1) is 17.1 Å². The van der Waals surface area contributed by atoms with Gasteiger partial charge in [-0.15, -0.1) is 11.3 Å². The van der Waals surface area contributed by atoms with Crippen LogP contribution < -0.4 is 0 Å². The number of halogens is 2. The van der Waals surface area contributed by atoms with Crippen LogP contribution >= 0.6 is 22.9 Å². The van der Waals surface area contributed by atoms with Crippen LogP contribution in [0.5, 0.6) is 0 Å². The van der Waals surface area contributed by atoms with E-state index in [1.165, 1.54) is 17.4 Å². The Bertz CT molecular complexity index is 559. The maximum Gasteiger partial charge on any atom is 0.144 e. The summed E-state index contributed by atoms with van der Waals surface area (Å²) in [5.74, 6) is -0.337. The molecule has 0 amide bonds. The third-order valence-corrected chi connectivity index (χ3v) is 3.51. The molecular formula is C11H6ClFN2S. The van der Waals surface area contributed by atoms with Crippen LogP contribution in [0.3, 0.4) is 0 Å². The first-order valence-electron chi connectivity index (χ1n) is 4.49. The fourth-order valence-electron chi connectivity index (χ4n) is 1.26. The van der Waals surface area contributed by atoms with Crippen molar-refractivity contribution in [3.05, 3.63) is 40.1 Å². The second kappa shape index (κ2) is 4.60. The Hall–Kier alpha value is -1.44. The molecule has 0 N–H and O–H groups in total. The highest BCUT2D eigenvalue weighted by molar-refractivity contribution is 7.15. The van der Waals surface area contributed by atoms with Crippen LogP contribution in [0.4, 0.5) is 4.39 Å². The highest BCUT2D eigenvalue weighted by Gasteiger charge is 2.13.